The summed E-state index contributed by atoms with van der Waals surface area (Å²) in [6.07, 6.45) is 6.13. The summed E-state index contributed by atoms with van der Waals surface area (Å²) in [4.78, 5) is 13.4. The molecule has 0 unspecified atom stereocenters. The van der Waals surface area contributed by atoms with Gasteiger partial charge in [-0.1, -0.05) is 41.8 Å². The maximum Gasteiger partial charge on any atom is 0.220 e. The molecule has 1 aliphatic rings. The van der Waals surface area contributed by atoms with E-state index in [0.29, 0.717) is 12.6 Å². The van der Waals surface area contributed by atoms with Crippen LogP contribution in [-0.2, 0) is 4.79 Å². The van der Waals surface area contributed by atoms with Crippen LogP contribution in [0.1, 0.15) is 39.0 Å². The Kier molecular flexibility index (Phi) is 4.66. The topological polar surface area (TPSA) is 20.3 Å². The molecule has 0 N–H and O–H groups in total. The van der Waals surface area contributed by atoms with Crippen LogP contribution in [-0.4, -0.2) is 23.4 Å². The molecule has 0 aromatic carbocycles. The molecule has 2 nitrogen and oxygen atoms in total. The van der Waals surface area contributed by atoms with Gasteiger partial charge in [0.25, 0.3) is 0 Å². The fourth-order valence-electron chi connectivity index (χ4n) is 2.08. The molecule has 0 saturated heterocycles. The minimum absolute atomic E-state index is 0.164. The number of hydrogen-bond acceptors (Lipinski definition) is 1. The molecule has 80 valence electrons. The van der Waals surface area contributed by atoms with Gasteiger partial charge in [0.15, 0.2) is 0 Å². The number of amides is 1. The SMILES string of the molecule is C=C(Br)CN(C(C)=O)C1CCCCC1. The third-order valence-electron chi connectivity index (χ3n) is 2.76. The van der Waals surface area contributed by atoms with Crippen molar-refractivity contribution >= 4 is 21.8 Å². The lowest BCUT2D eigenvalue weighted by Gasteiger charge is -2.33. The van der Waals surface area contributed by atoms with Crippen LogP contribution in [0.5, 0.6) is 0 Å². The number of halogens is 1. The molecule has 1 fully saturated rings. The van der Waals surface area contributed by atoms with Crippen molar-refractivity contribution in [2.45, 2.75) is 45.1 Å². The molecule has 0 spiro atoms. The van der Waals surface area contributed by atoms with Crippen LogP contribution in [0.15, 0.2) is 11.1 Å². The van der Waals surface area contributed by atoms with E-state index < -0.39 is 0 Å². The van der Waals surface area contributed by atoms with Crippen molar-refractivity contribution < 1.29 is 4.79 Å². The molecule has 0 aromatic heterocycles. The fourth-order valence-corrected chi connectivity index (χ4v) is 2.35. The van der Waals surface area contributed by atoms with Gasteiger partial charge in [0.05, 0.1) is 6.54 Å². The molecule has 1 aliphatic carbocycles. The van der Waals surface area contributed by atoms with E-state index in [1.54, 1.807) is 6.92 Å². The number of hydrogen-bond donors (Lipinski definition) is 0. The van der Waals surface area contributed by atoms with E-state index in [0.717, 1.165) is 17.3 Å². The van der Waals surface area contributed by atoms with Crippen molar-refractivity contribution in [1.29, 1.82) is 0 Å². The molecule has 1 rings (SSSR count). The highest BCUT2D eigenvalue weighted by Gasteiger charge is 2.22. The van der Waals surface area contributed by atoms with Crippen molar-refractivity contribution in [1.82, 2.24) is 4.90 Å². The summed E-state index contributed by atoms with van der Waals surface area (Å²) >= 11 is 3.32. The Morgan fingerprint density at radius 1 is 1.43 bits per heavy atom. The largest absolute Gasteiger partial charge is 0.335 e. The zero-order valence-electron chi connectivity index (χ0n) is 8.76. The minimum atomic E-state index is 0.164. The smallest absolute Gasteiger partial charge is 0.220 e. The van der Waals surface area contributed by atoms with E-state index in [1.165, 1.54) is 19.3 Å². The van der Waals surface area contributed by atoms with Crippen LogP contribution >= 0.6 is 15.9 Å². The Balaban J connectivity index is 2.56. The Labute approximate surface area is 94.5 Å². The van der Waals surface area contributed by atoms with E-state index in [1.807, 2.05) is 4.90 Å². The molecule has 0 aromatic rings. The first-order valence-corrected chi connectivity index (χ1v) is 6.01. The predicted octanol–water partition coefficient (Wildman–Crippen LogP) is 3.08. The minimum Gasteiger partial charge on any atom is -0.335 e. The van der Waals surface area contributed by atoms with Gasteiger partial charge >= 0.3 is 0 Å². The van der Waals surface area contributed by atoms with Crippen LogP contribution in [0.25, 0.3) is 0 Å². The quantitative estimate of drug-likeness (QED) is 0.763. The molecule has 0 radical (unpaired) electrons. The molecule has 0 bridgehead atoms. The van der Waals surface area contributed by atoms with Gasteiger partial charge in [0.1, 0.15) is 0 Å². The second kappa shape index (κ2) is 5.54. The van der Waals surface area contributed by atoms with Gasteiger partial charge in [-0.3, -0.25) is 4.79 Å². The third kappa shape index (κ3) is 3.45. The van der Waals surface area contributed by atoms with Crippen LogP contribution in [0.3, 0.4) is 0 Å². The number of carbonyl (C=O) groups excluding carboxylic acids is 1. The third-order valence-corrected chi connectivity index (χ3v) is 3.01. The van der Waals surface area contributed by atoms with Crippen molar-refractivity contribution in [3.8, 4) is 0 Å². The molecule has 1 amide bonds. The van der Waals surface area contributed by atoms with Gasteiger partial charge in [0.2, 0.25) is 5.91 Å². The molecular formula is C11H18BrNO. The van der Waals surface area contributed by atoms with Crippen molar-refractivity contribution in [3.63, 3.8) is 0 Å². The zero-order chi connectivity index (χ0) is 10.6. The van der Waals surface area contributed by atoms with Crippen LogP contribution < -0.4 is 0 Å². The lowest BCUT2D eigenvalue weighted by atomic mass is 9.94. The number of rotatable bonds is 3. The average molecular weight is 260 g/mol. The second-order valence-corrected chi connectivity index (χ2v) is 5.08. The van der Waals surface area contributed by atoms with Gasteiger partial charge < -0.3 is 4.90 Å². The van der Waals surface area contributed by atoms with Gasteiger partial charge in [0, 0.05) is 17.4 Å². The van der Waals surface area contributed by atoms with Crippen LogP contribution in [0, 0.1) is 0 Å². The van der Waals surface area contributed by atoms with Gasteiger partial charge in [-0.15, -0.1) is 0 Å². The molecule has 1 saturated carbocycles. The summed E-state index contributed by atoms with van der Waals surface area (Å²) < 4.78 is 0.887. The highest BCUT2D eigenvalue weighted by atomic mass is 79.9. The normalized spacial score (nSPS) is 17.9. The first kappa shape index (κ1) is 11.8. The second-order valence-electron chi connectivity index (χ2n) is 3.96. The van der Waals surface area contributed by atoms with E-state index in [4.69, 9.17) is 0 Å². The summed E-state index contributed by atoms with van der Waals surface area (Å²) in [5.74, 6) is 0.164. The first-order chi connectivity index (χ1) is 6.61. The van der Waals surface area contributed by atoms with Crippen molar-refractivity contribution in [3.05, 3.63) is 11.1 Å². The summed E-state index contributed by atoms with van der Waals surface area (Å²) in [6, 6.07) is 0.440. The average Bonchev–Trinajstić information content (AvgIpc) is 2.15. The Morgan fingerprint density at radius 3 is 2.43 bits per heavy atom. The lowest BCUT2D eigenvalue weighted by molar-refractivity contribution is -0.131. The lowest BCUT2D eigenvalue weighted by Crippen LogP contribution is -2.40. The Hall–Kier alpha value is -0.310. The molecule has 0 heterocycles. The maximum absolute atomic E-state index is 11.4. The highest BCUT2D eigenvalue weighted by Crippen LogP contribution is 2.23. The first-order valence-electron chi connectivity index (χ1n) is 5.21. The van der Waals surface area contributed by atoms with E-state index in [9.17, 15) is 4.79 Å². The molecule has 0 aliphatic heterocycles. The van der Waals surface area contributed by atoms with Crippen LogP contribution in [0.4, 0.5) is 0 Å². The summed E-state index contributed by atoms with van der Waals surface area (Å²) in [5, 5.41) is 0. The standard InChI is InChI=1S/C11H18BrNO/c1-9(12)8-13(10(2)14)11-6-4-3-5-7-11/h11H,1,3-8H2,2H3. The maximum atomic E-state index is 11.4. The van der Waals surface area contributed by atoms with E-state index >= 15 is 0 Å². The summed E-state index contributed by atoms with van der Waals surface area (Å²) in [7, 11) is 0. The summed E-state index contributed by atoms with van der Waals surface area (Å²) in [6.45, 7) is 6.09. The monoisotopic (exact) mass is 259 g/mol. The van der Waals surface area contributed by atoms with Crippen molar-refractivity contribution in [2.24, 2.45) is 0 Å². The molecule has 0 atom stereocenters. The molecular weight excluding hydrogens is 242 g/mol. The predicted molar refractivity (Wildman–Crippen MR) is 62.3 cm³/mol. The number of carbonyl (C=O) groups is 1. The molecule has 3 heteroatoms. The van der Waals surface area contributed by atoms with Gasteiger partial charge in [-0.05, 0) is 12.8 Å². The van der Waals surface area contributed by atoms with Crippen LogP contribution in [0.2, 0.25) is 0 Å². The molecule has 14 heavy (non-hydrogen) atoms. The Bertz CT molecular complexity index is 221. The number of nitrogens with zero attached hydrogens (tertiary/aromatic N) is 1. The van der Waals surface area contributed by atoms with Crippen molar-refractivity contribution in [2.75, 3.05) is 6.54 Å². The van der Waals surface area contributed by atoms with E-state index in [-0.39, 0.29) is 5.91 Å². The fraction of sp³-hybridized carbons (Fsp3) is 0.727. The zero-order valence-corrected chi connectivity index (χ0v) is 10.3. The Morgan fingerprint density at radius 2 is 2.00 bits per heavy atom. The van der Waals surface area contributed by atoms with E-state index in [2.05, 4.69) is 22.5 Å². The van der Waals surface area contributed by atoms with Gasteiger partial charge in [-0.25, -0.2) is 0 Å². The summed E-state index contributed by atoms with van der Waals surface area (Å²) in [5.41, 5.74) is 0. The highest BCUT2D eigenvalue weighted by molar-refractivity contribution is 9.11. The van der Waals surface area contributed by atoms with Gasteiger partial charge in [-0.2, -0.15) is 0 Å².